The van der Waals surface area contributed by atoms with E-state index < -0.39 is 0 Å². The minimum absolute atomic E-state index is 0. The molecule has 0 radical (unpaired) electrons. The highest BCUT2D eigenvalue weighted by atomic mass is 35.5. The lowest BCUT2D eigenvalue weighted by Crippen LogP contribution is -2.34. The molecular weight excluding hydrogens is 298 g/mol. The van der Waals surface area contributed by atoms with E-state index in [1.54, 1.807) is 0 Å². The number of nitrogens with zero attached hydrogens (tertiary/aromatic N) is 3. The molecule has 1 aromatic heterocycles. The van der Waals surface area contributed by atoms with Crippen LogP contribution in [0.4, 0.5) is 11.6 Å². The topological polar surface area (TPSA) is 53.1 Å². The van der Waals surface area contributed by atoms with E-state index in [1.165, 1.54) is 12.8 Å². The van der Waals surface area contributed by atoms with Gasteiger partial charge in [0, 0.05) is 25.7 Å². The zero-order valence-corrected chi connectivity index (χ0v) is 13.6. The van der Waals surface area contributed by atoms with Gasteiger partial charge in [-0.05, 0) is 37.9 Å². The maximum absolute atomic E-state index is 4.87. The Bertz CT molecular complexity index is 652. The van der Waals surface area contributed by atoms with Crippen molar-refractivity contribution in [2.24, 2.45) is 0 Å². The summed E-state index contributed by atoms with van der Waals surface area (Å²) in [6.45, 7) is 2.11. The molecule has 0 bridgehead atoms. The highest BCUT2D eigenvalue weighted by molar-refractivity contribution is 5.85. The third-order valence-electron chi connectivity index (χ3n) is 4.39. The van der Waals surface area contributed by atoms with Crippen LogP contribution in [-0.2, 0) is 0 Å². The molecular formula is C16H22ClN5. The molecule has 1 aliphatic heterocycles. The van der Waals surface area contributed by atoms with Crippen molar-refractivity contribution in [1.82, 2.24) is 15.3 Å². The van der Waals surface area contributed by atoms with E-state index in [4.69, 9.17) is 9.97 Å². The monoisotopic (exact) mass is 319 g/mol. The van der Waals surface area contributed by atoms with Crippen LogP contribution in [0.1, 0.15) is 19.3 Å². The molecule has 1 saturated heterocycles. The van der Waals surface area contributed by atoms with E-state index >= 15 is 0 Å². The Morgan fingerprint density at radius 3 is 2.50 bits per heavy atom. The summed E-state index contributed by atoms with van der Waals surface area (Å²) in [6.07, 6.45) is 3.64. The van der Waals surface area contributed by atoms with Crippen LogP contribution >= 0.6 is 12.4 Å². The number of benzene rings is 1. The van der Waals surface area contributed by atoms with Gasteiger partial charge in [0.1, 0.15) is 0 Å². The van der Waals surface area contributed by atoms with E-state index in [0.717, 1.165) is 42.2 Å². The summed E-state index contributed by atoms with van der Waals surface area (Å²) in [6, 6.07) is 9.18. The van der Waals surface area contributed by atoms with Crippen LogP contribution in [0.3, 0.4) is 0 Å². The molecule has 2 aliphatic rings. The Hall–Kier alpha value is -1.59. The van der Waals surface area contributed by atoms with Crippen LogP contribution in [0.25, 0.3) is 11.0 Å². The summed E-state index contributed by atoms with van der Waals surface area (Å²) >= 11 is 0. The molecule has 1 aliphatic carbocycles. The smallest absolute Gasteiger partial charge is 0.172 e. The van der Waals surface area contributed by atoms with Gasteiger partial charge >= 0.3 is 0 Å². The van der Waals surface area contributed by atoms with Gasteiger partial charge in [0.25, 0.3) is 0 Å². The van der Waals surface area contributed by atoms with Crippen LogP contribution < -0.4 is 15.5 Å². The lowest BCUT2D eigenvalue weighted by molar-refractivity contribution is 0.678. The molecule has 1 aromatic carbocycles. The van der Waals surface area contributed by atoms with Gasteiger partial charge in [-0.15, -0.1) is 12.4 Å². The maximum Gasteiger partial charge on any atom is 0.172 e. The summed E-state index contributed by atoms with van der Waals surface area (Å²) < 4.78 is 0. The second kappa shape index (κ2) is 6.26. The number of aromatic nitrogens is 2. The molecule has 0 spiro atoms. The number of para-hydroxylation sites is 2. The SMILES string of the molecule is CN(c1nc2ccccc2nc1NC1CC1)[C@H]1CCNC1.Cl. The van der Waals surface area contributed by atoms with Crippen molar-refractivity contribution in [3.63, 3.8) is 0 Å². The van der Waals surface area contributed by atoms with Gasteiger partial charge in [-0.2, -0.15) is 0 Å². The number of nitrogens with one attached hydrogen (secondary N) is 2. The average molecular weight is 320 g/mol. The van der Waals surface area contributed by atoms with E-state index in [1.807, 2.05) is 24.3 Å². The predicted octanol–water partition coefficient (Wildman–Crippen LogP) is 2.42. The van der Waals surface area contributed by atoms with Crippen LogP contribution in [-0.4, -0.2) is 42.2 Å². The fourth-order valence-electron chi connectivity index (χ4n) is 2.90. The highest BCUT2D eigenvalue weighted by Crippen LogP contribution is 2.31. The molecule has 1 saturated carbocycles. The third-order valence-corrected chi connectivity index (χ3v) is 4.39. The van der Waals surface area contributed by atoms with Crippen molar-refractivity contribution in [2.45, 2.75) is 31.3 Å². The van der Waals surface area contributed by atoms with Gasteiger partial charge in [-0.25, -0.2) is 9.97 Å². The second-order valence-corrected chi connectivity index (χ2v) is 6.06. The number of anilines is 2. The summed E-state index contributed by atoms with van der Waals surface area (Å²) in [4.78, 5) is 12.0. The number of rotatable bonds is 4. The van der Waals surface area contributed by atoms with Gasteiger partial charge < -0.3 is 15.5 Å². The fraction of sp³-hybridized carbons (Fsp3) is 0.500. The van der Waals surface area contributed by atoms with Gasteiger partial charge in [0.2, 0.25) is 0 Å². The Balaban J connectivity index is 0.00000144. The molecule has 5 nitrogen and oxygen atoms in total. The molecule has 2 heterocycles. The quantitative estimate of drug-likeness (QED) is 0.906. The Kier molecular flexibility index (Phi) is 4.36. The van der Waals surface area contributed by atoms with Crippen LogP contribution in [0, 0.1) is 0 Å². The van der Waals surface area contributed by atoms with Gasteiger partial charge in [-0.1, -0.05) is 12.1 Å². The number of likely N-dealkylation sites (N-methyl/N-ethyl adjacent to an activating group) is 1. The Morgan fingerprint density at radius 1 is 1.14 bits per heavy atom. The van der Waals surface area contributed by atoms with Crippen molar-refractivity contribution >= 4 is 35.1 Å². The molecule has 6 heteroatoms. The van der Waals surface area contributed by atoms with E-state index in [-0.39, 0.29) is 12.4 Å². The first-order valence-electron chi connectivity index (χ1n) is 7.78. The van der Waals surface area contributed by atoms with Crippen molar-refractivity contribution in [2.75, 3.05) is 30.4 Å². The summed E-state index contributed by atoms with van der Waals surface area (Å²) in [7, 11) is 2.13. The van der Waals surface area contributed by atoms with Gasteiger partial charge in [0.05, 0.1) is 11.0 Å². The molecule has 2 N–H and O–H groups in total. The first-order valence-corrected chi connectivity index (χ1v) is 7.78. The normalized spacial score (nSPS) is 20.7. The van der Waals surface area contributed by atoms with Crippen molar-refractivity contribution in [1.29, 1.82) is 0 Å². The number of halogens is 1. The van der Waals surface area contributed by atoms with E-state index in [0.29, 0.717) is 12.1 Å². The first kappa shape index (κ1) is 15.3. The summed E-state index contributed by atoms with van der Waals surface area (Å²) in [5.74, 6) is 1.92. The fourth-order valence-corrected chi connectivity index (χ4v) is 2.90. The van der Waals surface area contributed by atoms with Crippen molar-refractivity contribution < 1.29 is 0 Å². The van der Waals surface area contributed by atoms with E-state index in [9.17, 15) is 0 Å². The lowest BCUT2D eigenvalue weighted by atomic mass is 10.2. The molecule has 118 valence electrons. The standard InChI is InChI=1S/C16H21N5.ClH/c1-21(12-8-9-17-10-12)16-15(18-11-6-7-11)19-13-4-2-3-5-14(13)20-16;/h2-5,11-12,17H,6-10H2,1H3,(H,18,19);1H/t12-;/m0./s1. The molecule has 4 rings (SSSR count). The number of hydrogen-bond donors (Lipinski definition) is 2. The van der Waals surface area contributed by atoms with Crippen LogP contribution in [0.15, 0.2) is 24.3 Å². The molecule has 0 amide bonds. The molecule has 2 aromatic rings. The Morgan fingerprint density at radius 2 is 1.86 bits per heavy atom. The molecule has 1 atom stereocenters. The van der Waals surface area contributed by atoms with Crippen molar-refractivity contribution in [3.05, 3.63) is 24.3 Å². The van der Waals surface area contributed by atoms with Crippen LogP contribution in [0.2, 0.25) is 0 Å². The Labute approximate surface area is 136 Å². The second-order valence-electron chi connectivity index (χ2n) is 6.06. The number of fused-ring (bicyclic) bond motifs is 1. The van der Waals surface area contributed by atoms with Gasteiger partial charge in [-0.3, -0.25) is 0 Å². The van der Waals surface area contributed by atoms with Gasteiger partial charge in [0.15, 0.2) is 11.6 Å². The average Bonchev–Trinajstić information content (AvgIpc) is 3.16. The highest BCUT2D eigenvalue weighted by Gasteiger charge is 2.27. The predicted molar refractivity (Wildman–Crippen MR) is 93.1 cm³/mol. The van der Waals surface area contributed by atoms with E-state index in [2.05, 4.69) is 22.6 Å². The molecule has 0 unspecified atom stereocenters. The van der Waals surface area contributed by atoms with Crippen LogP contribution in [0.5, 0.6) is 0 Å². The molecule has 2 fully saturated rings. The summed E-state index contributed by atoms with van der Waals surface area (Å²) in [5, 5.41) is 6.97. The zero-order chi connectivity index (χ0) is 14.2. The lowest BCUT2D eigenvalue weighted by Gasteiger charge is -2.27. The third kappa shape index (κ3) is 2.96. The molecule has 22 heavy (non-hydrogen) atoms. The summed E-state index contributed by atoms with van der Waals surface area (Å²) in [5.41, 5.74) is 1.93. The zero-order valence-electron chi connectivity index (χ0n) is 12.7. The first-order chi connectivity index (χ1) is 10.3. The minimum atomic E-state index is 0. The largest absolute Gasteiger partial charge is 0.364 e. The van der Waals surface area contributed by atoms with Crippen molar-refractivity contribution in [3.8, 4) is 0 Å². The minimum Gasteiger partial charge on any atom is -0.364 e. The maximum atomic E-state index is 4.87. The number of hydrogen-bond acceptors (Lipinski definition) is 5.